The number of nitrogens with zero attached hydrogens (tertiary/aromatic N) is 1. The lowest BCUT2D eigenvalue weighted by atomic mass is 10.1. The maximum absolute atomic E-state index is 12.4. The van der Waals surface area contributed by atoms with Gasteiger partial charge in [-0.2, -0.15) is 0 Å². The van der Waals surface area contributed by atoms with Gasteiger partial charge < -0.3 is 19.7 Å². The van der Waals surface area contributed by atoms with Crippen LogP contribution in [0, 0.1) is 0 Å². The Kier molecular flexibility index (Phi) is 5.91. The number of carbonyl (C=O) groups excluding carboxylic acids is 1. The second-order valence-corrected chi connectivity index (χ2v) is 6.79. The van der Waals surface area contributed by atoms with Crippen LogP contribution in [0.25, 0.3) is 0 Å². The van der Waals surface area contributed by atoms with E-state index in [1.54, 1.807) is 7.11 Å². The fraction of sp³-hybridized carbons (Fsp3) is 0.381. The molecule has 1 aliphatic heterocycles. The van der Waals surface area contributed by atoms with Crippen molar-refractivity contribution in [1.29, 1.82) is 0 Å². The number of methoxy groups -OCH3 is 1. The number of hydrogen-bond acceptors (Lipinski definition) is 4. The highest BCUT2D eigenvalue weighted by Gasteiger charge is 2.22. The van der Waals surface area contributed by atoms with Crippen LogP contribution in [0.2, 0.25) is 0 Å². The zero-order valence-corrected chi connectivity index (χ0v) is 15.6. The van der Waals surface area contributed by atoms with Crippen molar-refractivity contribution in [3.05, 3.63) is 59.7 Å². The number of carbonyl (C=O) groups is 1. The van der Waals surface area contributed by atoms with Gasteiger partial charge in [0.05, 0.1) is 18.8 Å². The first-order chi connectivity index (χ1) is 12.5. The first-order valence-electron chi connectivity index (χ1n) is 8.95. The summed E-state index contributed by atoms with van der Waals surface area (Å²) in [5, 5.41) is 2.94. The molecule has 2 unspecified atom stereocenters. The molecule has 0 aliphatic carbocycles. The highest BCUT2D eigenvalue weighted by molar-refractivity contribution is 6.04. The minimum Gasteiger partial charge on any atom is -0.380 e. The van der Waals surface area contributed by atoms with Crippen LogP contribution < -0.4 is 10.2 Å². The maximum atomic E-state index is 12.4. The normalized spacial score (nSPS) is 20.0. The highest BCUT2D eigenvalue weighted by Crippen LogP contribution is 2.22. The third-order valence-electron chi connectivity index (χ3n) is 4.44. The van der Waals surface area contributed by atoms with Gasteiger partial charge >= 0.3 is 0 Å². The van der Waals surface area contributed by atoms with Crippen LogP contribution in [0.15, 0.2) is 48.5 Å². The average Bonchev–Trinajstić information content (AvgIpc) is 2.62. The molecule has 3 rings (SSSR count). The summed E-state index contributed by atoms with van der Waals surface area (Å²) < 4.78 is 10.9. The number of anilines is 2. The summed E-state index contributed by atoms with van der Waals surface area (Å²) in [4.78, 5) is 14.7. The minimum absolute atomic E-state index is 0.115. The van der Waals surface area contributed by atoms with E-state index < -0.39 is 0 Å². The van der Waals surface area contributed by atoms with Crippen molar-refractivity contribution in [2.45, 2.75) is 32.7 Å². The smallest absolute Gasteiger partial charge is 0.255 e. The molecule has 1 fully saturated rings. The van der Waals surface area contributed by atoms with E-state index in [9.17, 15) is 4.79 Å². The number of hydrogen-bond donors (Lipinski definition) is 1. The van der Waals surface area contributed by atoms with Crippen LogP contribution in [0.4, 0.5) is 11.4 Å². The molecule has 138 valence electrons. The Morgan fingerprint density at radius 3 is 2.27 bits per heavy atom. The molecule has 0 aromatic heterocycles. The topological polar surface area (TPSA) is 50.8 Å². The van der Waals surface area contributed by atoms with Gasteiger partial charge in [-0.15, -0.1) is 0 Å². The molecule has 5 heteroatoms. The van der Waals surface area contributed by atoms with Crippen LogP contribution in [0.5, 0.6) is 0 Å². The molecule has 5 nitrogen and oxygen atoms in total. The summed E-state index contributed by atoms with van der Waals surface area (Å²) in [5.74, 6) is -0.115. The molecule has 0 spiro atoms. The Labute approximate surface area is 154 Å². The fourth-order valence-electron chi connectivity index (χ4n) is 3.27. The standard InChI is InChI=1S/C21H26N2O3/c1-15-12-23(13-16(2)26-15)20-10-8-19(9-11-20)22-21(24)18-6-4-17(5-7-18)14-25-3/h4-11,15-16H,12-14H2,1-3H3,(H,22,24). The van der Waals surface area contributed by atoms with Gasteiger partial charge in [0, 0.05) is 37.1 Å². The van der Waals surface area contributed by atoms with Gasteiger partial charge in [0.1, 0.15) is 0 Å². The van der Waals surface area contributed by atoms with Gasteiger partial charge in [0.15, 0.2) is 0 Å². The molecule has 0 radical (unpaired) electrons. The lowest BCUT2D eigenvalue weighted by molar-refractivity contribution is -0.00521. The predicted octanol–water partition coefficient (Wildman–Crippen LogP) is 3.70. The Balaban J connectivity index is 1.62. The predicted molar refractivity (Wildman–Crippen MR) is 104 cm³/mol. The molecule has 26 heavy (non-hydrogen) atoms. The summed E-state index contributed by atoms with van der Waals surface area (Å²) in [5.41, 5.74) is 3.61. The van der Waals surface area contributed by atoms with Crippen molar-refractivity contribution in [1.82, 2.24) is 0 Å². The summed E-state index contributed by atoms with van der Waals surface area (Å²) >= 11 is 0. The third-order valence-corrected chi connectivity index (χ3v) is 4.44. The van der Waals surface area contributed by atoms with Gasteiger partial charge in [0.2, 0.25) is 0 Å². The molecule has 1 aliphatic rings. The second-order valence-electron chi connectivity index (χ2n) is 6.79. The molecule has 1 N–H and O–H groups in total. The molecule has 0 bridgehead atoms. The summed E-state index contributed by atoms with van der Waals surface area (Å²) in [6.45, 7) is 6.49. The minimum atomic E-state index is -0.115. The van der Waals surface area contributed by atoms with E-state index in [1.807, 2.05) is 48.5 Å². The number of benzene rings is 2. The van der Waals surface area contributed by atoms with Crippen molar-refractivity contribution in [2.75, 3.05) is 30.4 Å². The first kappa shape index (κ1) is 18.4. The quantitative estimate of drug-likeness (QED) is 0.889. The number of morpholine rings is 1. The average molecular weight is 354 g/mol. The molecule has 0 saturated carbocycles. The largest absolute Gasteiger partial charge is 0.380 e. The van der Waals surface area contributed by atoms with Gasteiger partial charge in [-0.1, -0.05) is 12.1 Å². The Hall–Kier alpha value is -2.37. The van der Waals surface area contributed by atoms with Gasteiger partial charge in [-0.3, -0.25) is 4.79 Å². The monoisotopic (exact) mass is 354 g/mol. The Bertz CT molecular complexity index is 718. The molecule has 2 aromatic rings. The number of nitrogens with one attached hydrogen (secondary N) is 1. The Morgan fingerprint density at radius 2 is 1.69 bits per heavy atom. The zero-order valence-electron chi connectivity index (χ0n) is 15.6. The van der Waals surface area contributed by atoms with Crippen molar-refractivity contribution in [2.24, 2.45) is 0 Å². The van der Waals surface area contributed by atoms with E-state index in [-0.39, 0.29) is 18.1 Å². The fourth-order valence-corrected chi connectivity index (χ4v) is 3.27. The van der Waals surface area contributed by atoms with Crippen molar-refractivity contribution < 1.29 is 14.3 Å². The molecule has 1 heterocycles. The van der Waals surface area contributed by atoms with E-state index in [0.717, 1.165) is 30.0 Å². The van der Waals surface area contributed by atoms with E-state index >= 15 is 0 Å². The van der Waals surface area contributed by atoms with Gasteiger partial charge in [0.25, 0.3) is 5.91 Å². The Morgan fingerprint density at radius 1 is 1.08 bits per heavy atom. The zero-order chi connectivity index (χ0) is 18.5. The molecular weight excluding hydrogens is 328 g/mol. The van der Waals surface area contributed by atoms with Crippen molar-refractivity contribution in [3.8, 4) is 0 Å². The van der Waals surface area contributed by atoms with E-state index in [2.05, 4.69) is 24.1 Å². The van der Waals surface area contributed by atoms with Gasteiger partial charge in [-0.05, 0) is 55.8 Å². The molecule has 2 aromatic carbocycles. The van der Waals surface area contributed by atoms with Crippen LogP contribution in [-0.2, 0) is 16.1 Å². The maximum Gasteiger partial charge on any atom is 0.255 e. The van der Waals surface area contributed by atoms with Crippen LogP contribution in [-0.4, -0.2) is 38.3 Å². The van der Waals surface area contributed by atoms with E-state index in [4.69, 9.17) is 9.47 Å². The van der Waals surface area contributed by atoms with Crippen molar-refractivity contribution in [3.63, 3.8) is 0 Å². The molecular formula is C21H26N2O3. The van der Waals surface area contributed by atoms with Crippen LogP contribution in [0.1, 0.15) is 29.8 Å². The van der Waals surface area contributed by atoms with Crippen LogP contribution in [0.3, 0.4) is 0 Å². The second kappa shape index (κ2) is 8.34. The lowest BCUT2D eigenvalue weighted by Crippen LogP contribution is -2.45. The molecule has 1 amide bonds. The van der Waals surface area contributed by atoms with Crippen LogP contribution >= 0.6 is 0 Å². The number of amides is 1. The summed E-state index contributed by atoms with van der Waals surface area (Å²) in [6, 6.07) is 15.4. The third kappa shape index (κ3) is 4.62. The summed E-state index contributed by atoms with van der Waals surface area (Å²) in [7, 11) is 1.66. The first-order valence-corrected chi connectivity index (χ1v) is 8.95. The SMILES string of the molecule is COCc1ccc(C(=O)Nc2ccc(N3CC(C)OC(C)C3)cc2)cc1. The van der Waals surface area contributed by atoms with Gasteiger partial charge in [-0.25, -0.2) is 0 Å². The van der Waals surface area contributed by atoms with E-state index in [0.29, 0.717) is 12.2 Å². The number of rotatable bonds is 5. The highest BCUT2D eigenvalue weighted by atomic mass is 16.5. The molecule has 2 atom stereocenters. The lowest BCUT2D eigenvalue weighted by Gasteiger charge is -2.36. The van der Waals surface area contributed by atoms with E-state index in [1.165, 1.54) is 0 Å². The van der Waals surface area contributed by atoms with Crippen molar-refractivity contribution >= 4 is 17.3 Å². The molecule has 1 saturated heterocycles. The summed E-state index contributed by atoms with van der Waals surface area (Å²) in [6.07, 6.45) is 0.443. The number of ether oxygens (including phenoxy) is 2.